The standard InChI is InChI=1S/C8F10N2/c9-3(1-19)5(11,12)7(15,16)4(10,2-20)8(17,18)6(3,13)14. The van der Waals surface area contributed by atoms with Gasteiger partial charge in [-0.25, -0.2) is 8.78 Å². The van der Waals surface area contributed by atoms with E-state index in [1.54, 1.807) is 0 Å². The summed E-state index contributed by atoms with van der Waals surface area (Å²) in [6.07, 6.45) is 0. The van der Waals surface area contributed by atoms with Gasteiger partial charge in [0.25, 0.3) is 0 Å². The van der Waals surface area contributed by atoms with E-state index in [1.165, 1.54) is 0 Å². The zero-order valence-corrected chi connectivity index (χ0v) is 8.67. The predicted molar refractivity (Wildman–Crippen MR) is 38.7 cm³/mol. The Kier molecular flexibility index (Phi) is 2.84. The lowest BCUT2D eigenvalue weighted by atomic mass is 9.68. The van der Waals surface area contributed by atoms with E-state index in [1.807, 2.05) is 0 Å². The monoisotopic (exact) mass is 314 g/mol. The largest absolute Gasteiger partial charge is 0.367 e. The van der Waals surface area contributed by atoms with Crippen molar-refractivity contribution in [2.45, 2.75) is 35.0 Å². The first kappa shape index (κ1) is 16.3. The Hall–Kier alpha value is -1.72. The van der Waals surface area contributed by atoms with E-state index < -0.39 is 47.2 Å². The van der Waals surface area contributed by atoms with Gasteiger partial charge in [-0.15, -0.1) is 0 Å². The van der Waals surface area contributed by atoms with Crippen LogP contribution in [0.1, 0.15) is 0 Å². The maximum Gasteiger partial charge on any atom is 0.367 e. The summed E-state index contributed by atoms with van der Waals surface area (Å²) in [5, 5.41) is 15.7. The Balaban J connectivity index is 3.93. The third-order valence-electron chi connectivity index (χ3n) is 2.83. The van der Waals surface area contributed by atoms with Gasteiger partial charge in [0.2, 0.25) is 0 Å². The third kappa shape index (κ3) is 1.12. The van der Waals surface area contributed by atoms with E-state index >= 15 is 0 Å². The Bertz CT molecular complexity index is 448. The van der Waals surface area contributed by atoms with Crippen LogP contribution < -0.4 is 0 Å². The lowest BCUT2D eigenvalue weighted by Gasteiger charge is -2.50. The van der Waals surface area contributed by atoms with E-state index in [2.05, 4.69) is 0 Å². The highest BCUT2D eigenvalue weighted by molar-refractivity contribution is 5.39. The minimum atomic E-state index is -6.88. The highest BCUT2D eigenvalue weighted by atomic mass is 19.4. The minimum absolute atomic E-state index is 0.669. The van der Waals surface area contributed by atoms with Gasteiger partial charge < -0.3 is 0 Å². The summed E-state index contributed by atoms with van der Waals surface area (Å²) in [6.45, 7) is 0. The van der Waals surface area contributed by atoms with Gasteiger partial charge >= 0.3 is 35.0 Å². The molecule has 0 saturated heterocycles. The SMILES string of the molecule is N#CC1(F)C(F)(F)C(F)(F)C(F)(C#N)C(F)(F)C1(F)F. The van der Waals surface area contributed by atoms with Crippen LogP contribution in [0.2, 0.25) is 0 Å². The summed E-state index contributed by atoms with van der Waals surface area (Å²) >= 11 is 0. The number of nitrogens with zero attached hydrogens (tertiary/aromatic N) is 2. The molecule has 1 aliphatic carbocycles. The van der Waals surface area contributed by atoms with Crippen LogP contribution in [-0.4, -0.2) is 35.0 Å². The lowest BCUT2D eigenvalue weighted by Crippen LogP contribution is -2.84. The number of rotatable bonds is 0. The first-order chi connectivity index (χ1) is 8.62. The van der Waals surface area contributed by atoms with E-state index in [0.29, 0.717) is 0 Å². The molecule has 0 heterocycles. The Morgan fingerprint density at radius 2 is 0.600 bits per heavy atom. The highest BCUT2D eigenvalue weighted by Gasteiger charge is 3.01. The fraction of sp³-hybridized carbons (Fsp3) is 0.750. The summed E-state index contributed by atoms with van der Waals surface area (Å²) in [4.78, 5) is 0. The van der Waals surface area contributed by atoms with Gasteiger partial charge in [-0.2, -0.15) is 45.6 Å². The molecule has 1 aliphatic rings. The first-order valence-electron chi connectivity index (χ1n) is 4.34. The van der Waals surface area contributed by atoms with Crippen LogP contribution in [0.25, 0.3) is 0 Å². The Morgan fingerprint density at radius 1 is 0.450 bits per heavy atom. The fourth-order valence-corrected chi connectivity index (χ4v) is 1.54. The molecule has 0 bridgehead atoms. The number of halogens is 10. The van der Waals surface area contributed by atoms with Gasteiger partial charge in [-0.1, -0.05) is 0 Å². The van der Waals surface area contributed by atoms with Gasteiger partial charge in [-0.3, -0.25) is 0 Å². The number of hydrogen-bond acceptors (Lipinski definition) is 2. The summed E-state index contributed by atoms with van der Waals surface area (Å²) in [5.74, 6) is -27.5. The molecule has 2 nitrogen and oxygen atoms in total. The molecule has 0 radical (unpaired) electrons. The molecule has 1 fully saturated rings. The van der Waals surface area contributed by atoms with E-state index in [-0.39, 0.29) is 0 Å². The van der Waals surface area contributed by atoms with E-state index in [0.717, 1.165) is 0 Å². The van der Waals surface area contributed by atoms with Crippen LogP contribution in [-0.2, 0) is 0 Å². The van der Waals surface area contributed by atoms with Crippen molar-refractivity contribution in [1.82, 2.24) is 0 Å². The number of hydrogen-bond donors (Lipinski definition) is 0. The molecule has 0 atom stereocenters. The van der Waals surface area contributed by atoms with Gasteiger partial charge in [0.15, 0.2) is 0 Å². The van der Waals surface area contributed by atoms with Gasteiger partial charge in [0.05, 0.1) is 0 Å². The second kappa shape index (κ2) is 3.48. The van der Waals surface area contributed by atoms with Gasteiger partial charge in [-0.05, 0) is 0 Å². The molecule has 0 aliphatic heterocycles. The fourth-order valence-electron chi connectivity index (χ4n) is 1.54. The second-order valence-corrected chi connectivity index (χ2v) is 3.84. The molecule has 0 aromatic rings. The first-order valence-corrected chi connectivity index (χ1v) is 4.34. The lowest BCUT2D eigenvalue weighted by molar-refractivity contribution is -0.437. The van der Waals surface area contributed by atoms with Crippen molar-refractivity contribution in [3.8, 4) is 12.1 Å². The van der Waals surface area contributed by atoms with Crippen molar-refractivity contribution in [1.29, 1.82) is 10.5 Å². The molecular formula is C8F10N2. The van der Waals surface area contributed by atoms with Gasteiger partial charge in [0, 0.05) is 0 Å². The van der Waals surface area contributed by atoms with Crippen LogP contribution in [0, 0.1) is 22.7 Å². The Labute approximate surface area is 103 Å². The van der Waals surface area contributed by atoms with Gasteiger partial charge in [0.1, 0.15) is 12.1 Å². The van der Waals surface area contributed by atoms with Crippen LogP contribution in [0.5, 0.6) is 0 Å². The molecule has 112 valence electrons. The van der Waals surface area contributed by atoms with E-state index in [9.17, 15) is 43.9 Å². The van der Waals surface area contributed by atoms with Crippen molar-refractivity contribution in [2.24, 2.45) is 0 Å². The molecule has 20 heavy (non-hydrogen) atoms. The molecule has 1 saturated carbocycles. The van der Waals surface area contributed by atoms with Crippen molar-refractivity contribution in [2.75, 3.05) is 0 Å². The van der Waals surface area contributed by atoms with Crippen LogP contribution >= 0.6 is 0 Å². The maximum absolute atomic E-state index is 13.2. The van der Waals surface area contributed by atoms with E-state index in [4.69, 9.17) is 10.5 Å². The normalized spacial score (nSPS) is 40.4. The molecule has 0 amide bonds. The number of alkyl halides is 10. The molecule has 0 unspecified atom stereocenters. The smallest absolute Gasteiger partial charge is 0.213 e. The maximum atomic E-state index is 13.2. The molecule has 0 aromatic carbocycles. The number of nitriles is 2. The minimum Gasteiger partial charge on any atom is -0.213 e. The zero-order valence-electron chi connectivity index (χ0n) is 8.67. The molecule has 0 aromatic heterocycles. The molecular weight excluding hydrogens is 314 g/mol. The third-order valence-corrected chi connectivity index (χ3v) is 2.83. The Morgan fingerprint density at radius 3 is 0.700 bits per heavy atom. The van der Waals surface area contributed by atoms with Crippen molar-refractivity contribution in [3.05, 3.63) is 0 Å². The summed E-state index contributed by atoms with van der Waals surface area (Å²) < 4.78 is 130. The second-order valence-electron chi connectivity index (χ2n) is 3.84. The highest BCUT2D eigenvalue weighted by Crippen LogP contribution is 2.68. The van der Waals surface area contributed by atoms with Crippen LogP contribution in [0.3, 0.4) is 0 Å². The van der Waals surface area contributed by atoms with Crippen molar-refractivity contribution in [3.63, 3.8) is 0 Å². The predicted octanol–water partition coefficient (Wildman–Crippen LogP) is 3.00. The average Bonchev–Trinajstić information content (AvgIpc) is 2.33. The van der Waals surface area contributed by atoms with Crippen LogP contribution in [0.4, 0.5) is 43.9 Å². The quantitative estimate of drug-likeness (QED) is 0.645. The molecule has 12 heteroatoms. The topological polar surface area (TPSA) is 47.6 Å². The van der Waals surface area contributed by atoms with Crippen molar-refractivity contribution < 1.29 is 43.9 Å². The molecule has 0 spiro atoms. The molecule has 0 N–H and O–H groups in total. The summed E-state index contributed by atoms with van der Waals surface area (Å²) in [6, 6.07) is -1.34. The molecule has 1 rings (SSSR count). The summed E-state index contributed by atoms with van der Waals surface area (Å²) in [5.41, 5.74) is -12.8. The van der Waals surface area contributed by atoms with Crippen molar-refractivity contribution >= 4 is 0 Å². The zero-order chi connectivity index (χ0) is 16.4. The average molecular weight is 314 g/mol. The summed E-state index contributed by atoms with van der Waals surface area (Å²) in [7, 11) is 0. The van der Waals surface area contributed by atoms with Crippen LogP contribution in [0.15, 0.2) is 0 Å².